The normalized spacial score (nSPS) is 14.0. The zero-order valence-corrected chi connectivity index (χ0v) is 23.7. The molecule has 0 atom stereocenters. The molecule has 0 aliphatic carbocycles. The number of halogens is 1. The minimum atomic E-state index is -0.341. The molecule has 0 spiro atoms. The van der Waals surface area contributed by atoms with Crippen LogP contribution in [0, 0.1) is 0 Å². The number of nitrogens with one attached hydrogen (secondary N) is 4. The zero-order valence-electron chi connectivity index (χ0n) is 23.0. The highest BCUT2D eigenvalue weighted by Gasteiger charge is 2.22. The third-order valence-electron chi connectivity index (χ3n) is 6.46. The summed E-state index contributed by atoms with van der Waals surface area (Å²) in [6.07, 6.45) is 3.74. The summed E-state index contributed by atoms with van der Waals surface area (Å²) in [7, 11) is 3.06. The quantitative estimate of drug-likeness (QED) is 0.231. The SMILES string of the molecule is CONc1cc(C(C)(C)C)cc(NC(=O)c2ccc(Cl)c(Oc3ccnc(NC4CCNCC4)c3)c2)c1OC. The van der Waals surface area contributed by atoms with Crippen molar-refractivity contribution < 1.29 is 19.1 Å². The largest absolute Gasteiger partial charge is 0.492 e. The number of aromatic nitrogens is 1. The van der Waals surface area contributed by atoms with Crippen LogP contribution in [0.5, 0.6) is 17.2 Å². The predicted octanol–water partition coefficient (Wildman–Crippen LogP) is 6.22. The predicted molar refractivity (Wildman–Crippen MR) is 156 cm³/mol. The maximum Gasteiger partial charge on any atom is 0.255 e. The van der Waals surface area contributed by atoms with Gasteiger partial charge in [-0.2, -0.15) is 0 Å². The van der Waals surface area contributed by atoms with Crippen LogP contribution in [0.2, 0.25) is 5.02 Å². The van der Waals surface area contributed by atoms with E-state index in [2.05, 4.69) is 47.2 Å². The number of pyridine rings is 1. The number of hydrogen-bond donors (Lipinski definition) is 4. The second kappa shape index (κ2) is 12.5. The number of anilines is 3. The first kappa shape index (κ1) is 28.5. The molecule has 1 aliphatic heterocycles. The van der Waals surface area contributed by atoms with Crippen molar-refractivity contribution in [3.63, 3.8) is 0 Å². The molecule has 3 aromatic rings. The Morgan fingerprint density at radius 3 is 2.49 bits per heavy atom. The van der Waals surface area contributed by atoms with Crippen molar-refractivity contribution in [2.75, 3.05) is 43.4 Å². The number of rotatable bonds is 9. The molecule has 1 aliphatic rings. The Hall–Kier alpha value is -3.53. The molecular formula is C29H36ClN5O4. The lowest BCUT2D eigenvalue weighted by Crippen LogP contribution is -2.35. The van der Waals surface area contributed by atoms with Crippen LogP contribution < -0.4 is 30.9 Å². The number of carbonyl (C=O) groups excluding carboxylic acids is 1. The van der Waals surface area contributed by atoms with Crippen molar-refractivity contribution in [1.29, 1.82) is 0 Å². The maximum atomic E-state index is 13.4. The van der Waals surface area contributed by atoms with Crippen molar-refractivity contribution >= 4 is 34.7 Å². The lowest BCUT2D eigenvalue weighted by Gasteiger charge is -2.24. The van der Waals surface area contributed by atoms with Crippen LogP contribution in [0.4, 0.5) is 17.2 Å². The molecule has 10 heteroatoms. The Morgan fingerprint density at radius 2 is 1.79 bits per heavy atom. The minimum Gasteiger partial charge on any atom is -0.492 e. The van der Waals surface area contributed by atoms with Crippen LogP contribution in [0.3, 0.4) is 0 Å². The van der Waals surface area contributed by atoms with Gasteiger partial charge in [0.05, 0.1) is 24.9 Å². The van der Waals surface area contributed by atoms with E-state index >= 15 is 0 Å². The molecule has 1 saturated heterocycles. The van der Waals surface area contributed by atoms with Gasteiger partial charge in [-0.3, -0.25) is 15.1 Å². The van der Waals surface area contributed by atoms with Gasteiger partial charge in [-0.05, 0) is 73.3 Å². The fourth-order valence-corrected chi connectivity index (χ4v) is 4.49. The average molecular weight is 554 g/mol. The molecule has 2 aromatic carbocycles. The first-order valence-electron chi connectivity index (χ1n) is 12.9. The number of piperidine rings is 1. The molecule has 0 saturated carbocycles. The summed E-state index contributed by atoms with van der Waals surface area (Å²) in [6, 6.07) is 12.7. The molecule has 4 rings (SSSR count). The van der Waals surface area contributed by atoms with Gasteiger partial charge in [0, 0.05) is 23.9 Å². The van der Waals surface area contributed by atoms with E-state index in [4.69, 9.17) is 25.9 Å². The summed E-state index contributed by atoms with van der Waals surface area (Å²) in [5.74, 6) is 1.77. The highest BCUT2D eigenvalue weighted by atomic mass is 35.5. The Balaban J connectivity index is 1.55. The summed E-state index contributed by atoms with van der Waals surface area (Å²) in [5, 5.41) is 10.2. The Bertz CT molecular complexity index is 1310. The molecule has 1 fully saturated rings. The maximum absolute atomic E-state index is 13.4. The summed E-state index contributed by atoms with van der Waals surface area (Å²) in [5.41, 5.74) is 5.14. The van der Waals surface area contributed by atoms with E-state index in [9.17, 15) is 4.79 Å². The Labute approximate surface area is 234 Å². The first-order chi connectivity index (χ1) is 18.7. The van der Waals surface area contributed by atoms with E-state index in [-0.39, 0.29) is 11.3 Å². The number of ether oxygens (including phenoxy) is 2. The molecule has 4 N–H and O–H groups in total. The second-order valence-electron chi connectivity index (χ2n) is 10.4. The average Bonchev–Trinajstić information content (AvgIpc) is 2.90. The van der Waals surface area contributed by atoms with Gasteiger partial charge in [0.25, 0.3) is 5.91 Å². The fraction of sp³-hybridized carbons (Fsp3) is 0.379. The van der Waals surface area contributed by atoms with Crippen LogP contribution in [0.25, 0.3) is 0 Å². The van der Waals surface area contributed by atoms with Crippen molar-refractivity contribution in [2.24, 2.45) is 0 Å². The van der Waals surface area contributed by atoms with Crippen molar-refractivity contribution in [2.45, 2.75) is 45.1 Å². The van der Waals surface area contributed by atoms with Gasteiger partial charge >= 0.3 is 0 Å². The molecule has 0 unspecified atom stereocenters. The minimum absolute atomic E-state index is 0.177. The van der Waals surface area contributed by atoms with E-state index in [1.165, 1.54) is 7.11 Å². The van der Waals surface area contributed by atoms with Crippen molar-refractivity contribution in [3.8, 4) is 17.2 Å². The summed E-state index contributed by atoms with van der Waals surface area (Å²) in [6.45, 7) is 8.23. The van der Waals surface area contributed by atoms with Gasteiger partial charge in [-0.15, -0.1) is 0 Å². The van der Waals surface area contributed by atoms with Gasteiger partial charge in [-0.25, -0.2) is 4.98 Å². The van der Waals surface area contributed by atoms with Crippen LogP contribution in [0.1, 0.15) is 49.5 Å². The molecule has 1 amide bonds. The Morgan fingerprint density at radius 1 is 1.05 bits per heavy atom. The number of methoxy groups -OCH3 is 1. The second-order valence-corrected chi connectivity index (χ2v) is 10.8. The van der Waals surface area contributed by atoms with Crippen molar-refractivity contribution in [1.82, 2.24) is 10.3 Å². The van der Waals surface area contributed by atoms with E-state index in [0.29, 0.717) is 45.3 Å². The molecule has 0 bridgehead atoms. The highest BCUT2D eigenvalue weighted by molar-refractivity contribution is 6.32. The number of benzene rings is 2. The van der Waals surface area contributed by atoms with E-state index in [1.54, 1.807) is 37.6 Å². The highest BCUT2D eigenvalue weighted by Crippen LogP contribution is 2.39. The third kappa shape index (κ3) is 7.32. The number of nitrogens with zero attached hydrogens (tertiary/aromatic N) is 1. The molecule has 1 aromatic heterocycles. The van der Waals surface area contributed by atoms with E-state index in [0.717, 1.165) is 37.3 Å². The van der Waals surface area contributed by atoms with Crippen LogP contribution in [-0.2, 0) is 10.3 Å². The van der Waals surface area contributed by atoms with Gasteiger partial charge in [0.15, 0.2) is 5.75 Å². The van der Waals surface area contributed by atoms with Gasteiger partial charge < -0.3 is 25.4 Å². The first-order valence-corrected chi connectivity index (χ1v) is 13.3. The number of carbonyl (C=O) groups is 1. The van der Waals surface area contributed by atoms with Crippen LogP contribution in [0.15, 0.2) is 48.7 Å². The lowest BCUT2D eigenvalue weighted by molar-refractivity contribution is 0.102. The standard InChI is InChI=1S/C29H36ClN5O4/c1-29(2,3)19-15-23(27(37-4)24(16-19)35-38-5)34-28(36)18-6-7-22(30)25(14-18)39-21-10-13-32-26(17-21)33-20-8-11-31-12-9-20/h6-7,10,13-17,20,31,35H,8-9,11-12H2,1-5H3,(H,32,33)(H,34,36). The van der Waals surface area contributed by atoms with Crippen molar-refractivity contribution in [3.05, 3.63) is 64.8 Å². The van der Waals surface area contributed by atoms with Gasteiger partial charge in [0.1, 0.15) is 23.0 Å². The molecular weight excluding hydrogens is 518 g/mol. The fourth-order valence-electron chi connectivity index (χ4n) is 4.33. The van der Waals surface area contributed by atoms with Gasteiger partial charge in [-0.1, -0.05) is 32.4 Å². The topological polar surface area (TPSA) is 106 Å². The number of hydrogen-bond acceptors (Lipinski definition) is 8. The molecule has 2 heterocycles. The third-order valence-corrected chi connectivity index (χ3v) is 6.78. The van der Waals surface area contributed by atoms with E-state index in [1.807, 2.05) is 18.2 Å². The van der Waals surface area contributed by atoms with Crippen LogP contribution >= 0.6 is 11.6 Å². The van der Waals surface area contributed by atoms with E-state index < -0.39 is 0 Å². The summed E-state index contributed by atoms with van der Waals surface area (Å²) >= 11 is 6.44. The number of amides is 1. The molecule has 9 nitrogen and oxygen atoms in total. The lowest BCUT2D eigenvalue weighted by atomic mass is 9.86. The Kier molecular flexibility index (Phi) is 9.16. The van der Waals surface area contributed by atoms with Crippen LogP contribution in [-0.4, -0.2) is 44.2 Å². The smallest absolute Gasteiger partial charge is 0.255 e. The summed E-state index contributed by atoms with van der Waals surface area (Å²) in [4.78, 5) is 22.9. The monoisotopic (exact) mass is 553 g/mol. The molecule has 0 radical (unpaired) electrons. The molecule has 208 valence electrons. The summed E-state index contributed by atoms with van der Waals surface area (Å²) < 4.78 is 11.7. The molecule has 39 heavy (non-hydrogen) atoms. The zero-order chi connectivity index (χ0) is 28.0. The van der Waals surface area contributed by atoms with Gasteiger partial charge in [0.2, 0.25) is 0 Å².